The van der Waals surface area contributed by atoms with Gasteiger partial charge in [-0.2, -0.15) is 0 Å². The summed E-state index contributed by atoms with van der Waals surface area (Å²) in [7, 11) is 0. The van der Waals surface area contributed by atoms with Gasteiger partial charge >= 0.3 is 0 Å². The predicted octanol–water partition coefficient (Wildman–Crippen LogP) is 1.79. The number of nitrogens with zero attached hydrogens (tertiary/aromatic N) is 3. The van der Waals surface area contributed by atoms with E-state index in [1.807, 2.05) is 37.8 Å². The summed E-state index contributed by atoms with van der Waals surface area (Å²) in [6.07, 6.45) is 2.82. The molecule has 1 aromatic carbocycles. The first-order valence-electron chi connectivity index (χ1n) is 11.0. The number of β-amino-alcohol motifs (C(OH)–C–C–N with tert-alkyl or cyclic N) is 1. The molecular weight excluding hydrogens is 366 g/mol. The third-order valence-electron chi connectivity index (χ3n) is 6.63. The van der Waals surface area contributed by atoms with Crippen LogP contribution in [0.4, 0.5) is 0 Å². The van der Waals surface area contributed by atoms with Gasteiger partial charge in [0.25, 0.3) is 0 Å². The molecule has 0 spiro atoms. The topological polar surface area (TPSA) is 67.3 Å². The standard InChI is InChI=1S/C23H37N3O3/c1-17-14-20(15-18(2)22(17)28)16-19(3)23(29)26-6-4-21(5-7-26)25-10-8-24(9-11-25)12-13-27/h14-15,19,21,27-28H,4-13,16H2,1-3H3/t19-/m1/s1. The quantitative estimate of drug-likeness (QED) is 0.758. The molecule has 2 heterocycles. The third kappa shape index (κ3) is 5.50. The lowest BCUT2D eigenvalue weighted by Gasteiger charge is -2.43. The molecule has 0 unspecified atom stereocenters. The summed E-state index contributed by atoms with van der Waals surface area (Å²) in [5.41, 5.74) is 2.87. The van der Waals surface area contributed by atoms with Gasteiger partial charge in [-0.05, 0) is 49.8 Å². The molecule has 2 saturated heterocycles. The second-order valence-corrected chi connectivity index (χ2v) is 8.84. The monoisotopic (exact) mass is 403 g/mol. The third-order valence-corrected chi connectivity index (χ3v) is 6.63. The number of amides is 1. The molecule has 2 N–H and O–H groups in total. The second-order valence-electron chi connectivity index (χ2n) is 8.84. The Hall–Kier alpha value is -1.63. The first kappa shape index (κ1) is 22.1. The summed E-state index contributed by atoms with van der Waals surface area (Å²) in [6, 6.07) is 4.57. The molecule has 2 fully saturated rings. The van der Waals surface area contributed by atoms with Crippen molar-refractivity contribution in [2.24, 2.45) is 5.92 Å². The number of likely N-dealkylation sites (tertiary alicyclic amines) is 1. The van der Waals surface area contributed by atoms with Crippen LogP contribution < -0.4 is 0 Å². The molecule has 1 aromatic rings. The largest absolute Gasteiger partial charge is 0.507 e. The Morgan fingerprint density at radius 1 is 1.07 bits per heavy atom. The zero-order chi connectivity index (χ0) is 21.0. The number of phenolic OH excluding ortho intramolecular Hbond substituents is 1. The number of carbonyl (C=O) groups excluding carboxylic acids is 1. The van der Waals surface area contributed by atoms with Crippen LogP contribution in [0.3, 0.4) is 0 Å². The van der Waals surface area contributed by atoms with Gasteiger partial charge in [-0.15, -0.1) is 0 Å². The van der Waals surface area contributed by atoms with E-state index in [1.165, 1.54) is 0 Å². The zero-order valence-electron chi connectivity index (χ0n) is 18.2. The zero-order valence-corrected chi connectivity index (χ0v) is 18.2. The average Bonchev–Trinajstić information content (AvgIpc) is 2.72. The summed E-state index contributed by atoms with van der Waals surface area (Å²) >= 11 is 0. The minimum absolute atomic E-state index is 0.0445. The fourth-order valence-electron chi connectivity index (χ4n) is 4.86. The normalized spacial score (nSPS) is 20.8. The van der Waals surface area contributed by atoms with Crippen molar-refractivity contribution in [3.05, 3.63) is 28.8 Å². The molecular formula is C23H37N3O3. The van der Waals surface area contributed by atoms with Crippen LogP contribution in [0, 0.1) is 19.8 Å². The van der Waals surface area contributed by atoms with Crippen LogP contribution >= 0.6 is 0 Å². The van der Waals surface area contributed by atoms with Crippen molar-refractivity contribution in [2.45, 2.75) is 46.1 Å². The highest BCUT2D eigenvalue weighted by Gasteiger charge is 2.30. The Bertz CT molecular complexity index is 670. The molecule has 0 bridgehead atoms. The number of aromatic hydroxyl groups is 1. The van der Waals surface area contributed by atoms with E-state index in [2.05, 4.69) is 9.80 Å². The SMILES string of the molecule is Cc1cc(C[C@@H](C)C(=O)N2CCC(N3CCN(CCO)CC3)CC2)cc(C)c1O. The van der Waals surface area contributed by atoms with Gasteiger partial charge in [0.2, 0.25) is 5.91 Å². The maximum atomic E-state index is 13.0. The van der Waals surface area contributed by atoms with Gasteiger partial charge in [0.1, 0.15) is 5.75 Å². The minimum atomic E-state index is -0.0445. The Labute approximate surface area is 175 Å². The molecule has 2 aliphatic rings. The lowest BCUT2D eigenvalue weighted by atomic mass is 9.95. The maximum absolute atomic E-state index is 13.0. The van der Waals surface area contributed by atoms with Crippen LogP contribution in [0.1, 0.15) is 36.5 Å². The van der Waals surface area contributed by atoms with Crippen LogP contribution in [0.2, 0.25) is 0 Å². The molecule has 2 aliphatic heterocycles. The molecule has 162 valence electrons. The van der Waals surface area contributed by atoms with Crippen LogP contribution in [0.25, 0.3) is 0 Å². The van der Waals surface area contributed by atoms with E-state index in [0.29, 0.717) is 18.2 Å². The van der Waals surface area contributed by atoms with E-state index in [-0.39, 0.29) is 18.4 Å². The fourth-order valence-corrected chi connectivity index (χ4v) is 4.86. The highest BCUT2D eigenvalue weighted by atomic mass is 16.3. The molecule has 0 radical (unpaired) electrons. The van der Waals surface area contributed by atoms with E-state index in [1.54, 1.807) is 0 Å². The molecule has 6 nitrogen and oxygen atoms in total. The number of carbonyl (C=O) groups is 1. The van der Waals surface area contributed by atoms with Crippen LogP contribution in [0.5, 0.6) is 5.75 Å². The van der Waals surface area contributed by atoms with Crippen molar-refractivity contribution in [1.82, 2.24) is 14.7 Å². The van der Waals surface area contributed by atoms with Crippen molar-refractivity contribution in [3.8, 4) is 5.75 Å². The minimum Gasteiger partial charge on any atom is -0.507 e. The number of benzene rings is 1. The van der Waals surface area contributed by atoms with E-state index < -0.39 is 0 Å². The molecule has 29 heavy (non-hydrogen) atoms. The summed E-state index contributed by atoms with van der Waals surface area (Å²) < 4.78 is 0. The Kier molecular flexibility index (Phi) is 7.55. The number of piperidine rings is 1. The van der Waals surface area contributed by atoms with Gasteiger partial charge in [-0.1, -0.05) is 19.1 Å². The number of aliphatic hydroxyl groups excluding tert-OH is 1. The molecule has 1 atom stereocenters. The number of aryl methyl sites for hydroxylation is 2. The van der Waals surface area contributed by atoms with Gasteiger partial charge in [0.15, 0.2) is 0 Å². The Morgan fingerprint density at radius 2 is 1.66 bits per heavy atom. The van der Waals surface area contributed by atoms with E-state index in [0.717, 1.165) is 75.3 Å². The molecule has 0 saturated carbocycles. The van der Waals surface area contributed by atoms with Crippen molar-refractivity contribution in [3.63, 3.8) is 0 Å². The highest BCUT2D eigenvalue weighted by molar-refractivity contribution is 5.79. The van der Waals surface area contributed by atoms with Gasteiger partial charge in [-0.25, -0.2) is 0 Å². The summed E-state index contributed by atoms with van der Waals surface area (Å²) in [5.74, 6) is 0.559. The number of hydrogen-bond donors (Lipinski definition) is 2. The van der Waals surface area contributed by atoms with E-state index in [4.69, 9.17) is 5.11 Å². The van der Waals surface area contributed by atoms with Gasteiger partial charge in [0.05, 0.1) is 6.61 Å². The summed E-state index contributed by atoms with van der Waals surface area (Å²) in [6.45, 7) is 12.7. The number of piperazine rings is 1. The Morgan fingerprint density at radius 3 is 2.21 bits per heavy atom. The lowest BCUT2D eigenvalue weighted by Crippen LogP contribution is -2.54. The predicted molar refractivity (Wildman–Crippen MR) is 115 cm³/mol. The smallest absolute Gasteiger partial charge is 0.225 e. The van der Waals surface area contributed by atoms with Crippen molar-refractivity contribution >= 4 is 5.91 Å². The van der Waals surface area contributed by atoms with Crippen LogP contribution in [-0.4, -0.2) is 89.3 Å². The molecule has 0 aliphatic carbocycles. The summed E-state index contributed by atoms with van der Waals surface area (Å²) in [4.78, 5) is 19.9. The highest BCUT2D eigenvalue weighted by Crippen LogP contribution is 2.25. The fraction of sp³-hybridized carbons (Fsp3) is 0.696. The van der Waals surface area contributed by atoms with E-state index in [9.17, 15) is 9.90 Å². The summed E-state index contributed by atoms with van der Waals surface area (Å²) in [5, 5.41) is 19.0. The molecule has 0 aromatic heterocycles. The number of rotatable bonds is 6. The molecule has 6 heteroatoms. The number of phenols is 1. The van der Waals surface area contributed by atoms with Gasteiger partial charge in [0, 0.05) is 57.8 Å². The average molecular weight is 404 g/mol. The first-order valence-corrected chi connectivity index (χ1v) is 11.0. The molecule has 3 rings (SSSR count). The maximum Gasteiger partial charge on any atom is 0.225 e. The van der Waals surface area contributed by atoms with E-state index >= 15 is 0 Å². The second kappa shape index (κ2) is 9.92. The van der Waals surface area contributed by atoms with Crippen LogP contribution in [0.15, 0.2) is 12.1 Å². The van der Waals surface area contributed by atoms with Gasteiger partial charge < -0.3 is 15.1 Å². The number of hydrogen-bond acceptors (Lipinski definition) is 5. The Balaban J connectivity index is 1.47. The lowest BCUT2D eigenvalue weighted by molar-refractivity contribution is -0.136. The van der Waals surface area contributed by atoms with Crippen molar-refractivity contribution in [2.75, 3.05) is 52.4 Å². The van der Waals surface area contributed by atoms with Crippen molar-refractivity contribution in [1.29, 1.82) is 0 Å². The molecule has 1 amide bonds. The number of aliphatic hydroxyl groups is 1. The first-order chi connectivity index (χ1) is 13.9. The van der Waals surface area contributed by atoms with Crippen LogP contribution in [-0.2, 0) is 11.2 Å². The van der Waals surface area contributed by atoms with Crippen molar-refractivity contribution < 1.29 is 15.0 Å². The van der Waals surface area contributed by atoms with Gasteiger partial charge in [-0.3, -0.25) is 14.6 Å².